The van der Waals surface area contributed by atoms with Crippen molar-refractivity contribution in [1.82, 2.24) is 4.90 Å². The van der Waals surface area contributed by atoms with Gasteiger partial charge in [-0.05, 0) is 34.3 Å². The van der Waals surface area contributed by atoms with Crippen molar-refractivity contribution >= 4 is 27.5 Å². The van der Waals surface area contributed by atoms with Crippen LogP contribution in [0.4, 0.5) is 5.69 Å². The van der Waals surface area contributed by atoms with Crippen LogP contribution in [-0.2, 0) is 0 Å². The fourth-order valence-electron chi connectivity index (χ4n) is 2.52. The number of aliphatic hydroxyl groups is 1. The van der Waals surface area contributed by atoms with Crippen molar-refractivity contribution in [3.05, 3.63) is 38.3 Å². The predicted octanol–water partition coefficient (Wildman–Crippen LogP) is 2.20. The summed E-state index contributed by atoms with van der Waals surface area (Å²) in [5.41, 5.74) is 0.121. The average Bonchev–Trinajstić information content (AvgIpc) is 2.79. The second kappa shape index (κ2) is 5.88. The maximum atomic E-state index is 12.5. The number of hydrogen-bond donors (Lipinski definition) is 1. The smallest absolute Gasteiger partial charge is 0.284 e. The summed E-state index contributed by atoms with van der Waals surface area (Å²) in [6.07, 6.45) is 0.823. The quantitative estimate of drug-likeness (QED) is 0.674. The molecule has 0 saturated carbocycles. The van der Waals surface area contributed by atoms with Gasteiger partial charge in [0.05, 0.1) is 23.1 Å². The van der Waals surface area contributed by atoms with Gasteiger partial charge < -0.3 is 10.0 Å². The lowest BCUT2D eigenvalue weighted by Crippen LogP contribution is -2.40. The van der Waals surface area contributed by atoms with Gasteiger partial charge in [-0.3, -0.25) is 14.9 Å². The van der Waals surface area contributed by atoms with Crippen LogP contribution in [-0.4, -0.2) is 40.0 Å². The Hall–Kier alpha value is -1.47. The van der Waals surface area contributed by atoms with E-state index in [1.807, 2.05) is 6.92 Å². The summed E-state index contributed by atoms with van der Waals surface area (Å²) in [6, 6.07) is 4.16. The molecule has 6 nitrogen and oxygen atoms in total. The molecule has 1 N–H and O–H groups in total. The van der Waals surface area contributed by atoms with Crippen LogP contribution in [0.25, 0.3) is 0 Å². The fraction of sp³-hybridized carbons (Fsp3) is 0.462. The summed E-state index contributed by atoms with van der Waals surface area (Å²) in [5, 5.41) is 20.3. The summed E-state index contributed by atoms with van der Waals surface area (Å²) >= 11 is 3.13. The molecule has 0 aliphatic carbocycles. The summed E-state index contributed by atoms with van der Waals surface area (Å²) in [4.78, 5) is 24.5. The number of benzene rings is 1. The van der Waals surface area contributed by atoms with Gasteiger partial charge >= 0.3 is 0 Å². The predicted molar refractivity (Wildman–Crippen MR) is 76.5 cm³/mol. The Morgan fingerprint density at radius 1 is 1.60 bits per heavy atom. The van der Waals surface area contributed by atoms with E-state index in [0.29, 0.717) is 6.54 Å². The van der Waals surface area contributed by atoms with E-state index in [0.717, 1.165) is 6.42 Å². The van der Waals surface area contributed by atoms with Crippen molar-refractivity contribution in [1.29, 1.82) is 0 Å². The maximum Gasteiger partial charge on any atom is 0.284 e. The molecule has 0 aromatic heterocycles. The molecule has 108 valence electrons. The van der Waals surface area contributed by atoms with E-state index >= 15 is 0 Å². The van der Waals surface area contributed by atoms with Crippen LogP contribution in [0.5, 0.6) is 0 Å². The van der Waals surface area contributed by atoms with Crippen molar-refractivity contribution in [2.24, 2.45) is 5.92 Å². The first-order valence-electron chi connectivity index (χ1n) is 6.32. The average molecular weight is 343 g/mol. The number of rotatable bonds is 3. The number of likely N-dealkylation sites (tertiary alicyclic amines) is 1. The molecule has 1 fully saturated rings. The zero-order valence-corrected chi connectivity index (χ0v) is 12.5. The lowest BCUT2D eigenvalue weighted by molar-refractivity contribution is -0.385. The minimum absolute atomic E-state index is 0.0978. The number of aliphatic hydroxyl groups excluding tert-OH is 1. The zero-order valence-electron chi connectivity index (χ0n) is 11.0. The van der Waals surface area contributed by atoms with Crippen LogP contribution >= 0.6 is 15.9 Å². The number of halogens is 1. The number of nitro groups is 1. The SMILES string of the molecule is CC1CCN(C(=O)c2cccc([N+](=O)[O-])c2Br)C1CO. The molecule has 7 heteroatoms. The minimum Gasteiger partial charge on any atom is -0.394 e. The van der Waals surface area contributed by atoms with E-state index < -0.39 is 4.92 Å². The highest BCUT2D eigenvalue weighted by atomic mass is 79.9. The maximum absolute atomic E-state index is 12.5. The Bertz CT molecular complexity index is 549. The molecule has 1 aliphatic rings. The van der Waals surface area contributed by atoms with Crippen molar-refractivity contribution in [2.45, 2.75) is 19.4 Å². The van der Waals surface area contributed by atoms with Crippen LogP contribution in [0, 0.1) is 16.0 Å². The lowest BCUT2D eigenvalue weighted by Gasteiger charge is -2.25. The number of hydrogen-bond acceptors (Lipinski definition) is 4. The Balaban J connectivity index is 2.35. The molecule has 1 heterocycles. The van der Waals surface area contributed by atoms with Crippen molar-refractivity contribution in [2.75, 3.05) is 13.2 Å². The second-order valence-electron chi connectivity index (χ2n) is 4.91. The molecule has 1 aromatic carbocycles. The lowest BCUT2D eigenvalue weighted by atomic mass is 10.0. The number of carbonyl (C=O) groups excluding carboxylic acids is 1. The largest absolute Gasteiger partial charge is 0.394 e. The third-order valence-electron chi connectivity index (χ3n) is 3.74. The van der Waals surface area contributed by atoms with E-state index in [9.17, 15) is 20.0 Å². The van der Waals surface area contributed by atoms with E-state index in [1.165, 1.54) is 12.1 Å². The van der Waals surface area contributed by atoms with E-state index in [-0.39, 0.29) is 40.2 Å². The summed E-state index contributed by atoms with van der Waals surface area (Å²) in [7, 11) is 0. The van der Waals surface area contributed by atoms with Crippen LogP contribution < -0.4 is 0 Å². The summed E-state index contributed by atoms with van der Waals surface area (Å²) < 4.78 is 0.186. The molecule has 1 amide bonds. The fourth-order valence-corrected chi connectivity index (χ4v) is 3.10. The van der Waals surface area contributed by atoms with Gasteiger partial charge in [0.1, 0.15) is 4.47 Å². The van der Waals surface area contributed by atoms with Crippen LogP contribution in [0.15, 0.2) is 22.7 Å². The van der Waals surface area contributed by atoms with Crippen LogP contribution in [0.3, 0.4) is 0 Å². The molecule has 2 rings (SSSR count). The Kier molecular flexibility index (Phi) is 4.39. The van der Waals surface area contributed by atoms with Gasteiger partial charge in [0.15, 0.2) is 0 Å². The number of nitrogens with zero attached hydrogens (tertiary/aromatic N) is 2. The van der Waals surface area contributed by atoms with Gasteiger partial charge in [0.2, 0.25) is 0 Å². The molecule has 0 bridgehead atoms. The molecule has 1 saturated heterocycles. The minimum atomic E-state index is -0.531. The van der Waals surface area contributed by atoms with Gasteiger partial charge in [-0.1, -0.05) is 13.0 Å². The van der Waals surface area contributed by atoms with E-state index in [2.05, 4.69) is 15.9 Å². The standard InChI is InChI=1S/C13H15BrN2O4/c1-8-5-6-15(11(8)7-17)13(18)9-3-2-4-10(12(9)14)16(19)20/h2-4,8,11,17H,5-7H2,1H3. The highest BCUT2D eigenvalue weighted by Crippen LogP contribution is 2.32. The first-order chi connectivity index (χ1) is 9.47. The number of nitro benzene ring substituents is 1. The van der Waals surface area contributed by atoms with Gasteiger partial charge in [-0.25, -0.2) is 0 Å². The summed E-state index contributed by atoms with van der Waals surface area (Å²) in [6.45, 7) is 2.44. The zero-order chi connectivity index (χ0) is 14.9. The first-order valence-corrected chi connectivity index (χ1v) is 7.11. The molecular weight excluding hydrogens is 328 g/mol. The molecule has 2 unspecified atom stereocenters. The summed E-state index contributed by atoms with van der Waals surface area (Å²) in [5.74, 6) is -0.0644. The molecule has 1 aliphatic heterocycles. The molecular formula is C13H15BrN2O4. The molecule has 0 radical (unpaired) electrons. The number of amides is 1. The van der Waals surface area contributed by atoms with Gasteiger partial charge in [-0.2, -0.15) is 0 Å². The van der Waals surface area contributed by atoms with E-state index in [1.54, 1.807) is 11.0 Å². The normalized spacial score (nSPS) is 22.1. The molecule has 1 aromatic rings. The Morgan fingerprint density at radius 2 is 2.30 bits per heavy atom. The monoisotopic (exact) mass is 342 g/mol. The van der Waals surface area contributed by atoms with E-state index in [4.69, 9.17) is 0 Å². The van der Waals surface area contributed by atoms with Gasteiger partial charge in [-0.15, -0.1) is 0 Å². The highest BCUT2D eigenvalue weighted by molar-refractivity contribution is 9.10. The van der Waals surface area contributed by atoms with Gasteiger partial charge in [0.25, 0.3) is 11.6 Å². The third-order valence-corrected chi connectivity index (χ3v) is 4.57. The highest BCUT2D eigenvalue weighted by Gasteiger charge is 2.35. The van der Waals surface area contributed by atoms with Crippen LogP contribution in [0.2, 0.25) is 0 Å². The molecule has 0 spiro atoms. The third kappa shape index (κ3) is 2.55. The first kappa shape index (κ1) is 14.9. The topological polar surface area (TPSA) is 83.7 Å². The Morgan fingerprint density at radius 3 is 2.90 bits per heavy atom. The van der Waals surface area contributed by atoms with Gasteiger partial charge in [0, 0.05) is 12.6 Å². The number of carbonyl (C=O) groups is 1. The van der Waals surface area contributed by atoms with Crippen molar-refractivity contribution in [3.8, 4) is 0 Å². The van der Waals surface area contributed by atoms with Crippen LogP contribution in [0.1, 0.15) is 23.7 Å². The van der Waals surface area contributed by atoms with Crippen molar-refractivity contribution < 1.29 is 14.8 Å². The molecule has 20 heavy (non-hydrogen) atoms. The Labute approximate surface area is 124 Å². The van der Waals surface area contributed by atoms with Crippen molar-refractivity contribution in [3.63, 3.8) is 0 Å². The second-order valence-corrected chi connectivity index (χ2v) is 5.70. The molecule has 2 atom stereocenters.